The fourth-order valence-corrected chi connectivity index (χ4v) is 3.59. The van der Waals surface area contributed by atoms with E-state index < -0.39 is 46.6 Å². The van der Waals surface area contributed by atoms with E-state index in [9.17, 15) is 36.4 Å². The van der Waals surface area contributed by atoms with Gasteiger partial charge in [-0.1, -0.05) is 24.3 Å². The summed E-state index contributed by atoms with van der Waals surface area (Å²) in [7, 11) is -9.65. The average Bonchev–Trinajstić information content (AvgIpc) is 2.57. The van der Waals surface area contributed by atoms with Crippen LogP contribution >= 0.6 is 0 Å². The molecule has 4 N–H and O–H groups in total. The Morgan fingerprint density at radius 2 is 1.14 bits per heavy atom. The minimum absolute atomic E-state index is 0.173. The van der Waals surface area contributed by atoms with E-state index in [4.69, 9.17) is 10.4 Å². The van der Waals surface area contributed by atoms with Crippen molar-refractivity contribution in [2.45, 2.75) is 9.79 Å². The lowest BCUT2D eigenvalue weighted by molar-refractivity contribution is 0.0290. The Bertz CT molecular complexity index is 1040. The Hall–Kier alpha value is -2.56. The first-order valence-electron chi connectivity index (χ1n) is 7.04. The standard InChI is InChI=1S/C14H12N2O10S2/c17-15(18)11-5-3-9(13(7-11)27(21,22)23)1-2-10-4-6-12(16(19)20)8-14(10)28(24,25)26/h1-8,17-18H,(H,21,22,23)(H,24,25,26)/q-2. The lowest BCUT2D eigenvalue weighted by Crippen LogP contribution is -2.12. The van der Waals surface area contributed by atoms with E-state index in [-0.39, 0.29) is 16.4 Å². The minimum Gasteiger partial charge on any atom is -0.769 e. The van der Waals surface area contributed by atoms with Crippen LogP contribution in [0.4, 0.5) is 11.4 Å². The molecule has 0 fully saturated rings. The molecule has 0 unspecified atom stereocenters. The molecule has 0 spiro atoms. The van der Waals surface area contributed by atoms with E-state index in [0.717, 1.165) is 42.5 Å². The highest BCUT2D eigenvalue weighted by Gasteiger charge is 2.18. The van der Waals surface area contributed by atoms with Crippen molar-refractivity contribution in [3.05, 3.63) is 57.9 Å². The molecule has 0 aliphatic rings. The van der Waals surface area contributed by atoms with E-state index in [1.807, 2.05) is 0 Å². The van der Waals surface area contributed by atoms with E-state index in [0.29, 0.717) is 6.07 Å². The van der Waals surface area contributed by atoms with Crippen LogP contribution in [0, 0.1) is 10.4 Å². The molecule has 2 aromatic carbocycles. The first kappa shape index (κ1) is 21.7. The third-order valence-electron chi connectivity index (χ3n) is 3.43. The highest BCUT2D eigenvalue weighted by molar-refractivity contribution is 7.86. The number of nitrogens with zero attached hydrogens (tertiary/aromatic N) is 2. The summed E-state index contributed by atoms with van der Waals surface area (Å²) in [5.74, 6) is 0. The van der Waals surface area contributed by atoms with Gasteiger partial charge in [0.25, 0.3) is 20.2 Å². The maximum absolute atomic E-state index is 11.5. The molecule has 0 radical (unpaired) electrons. The Morgan fingerprint density at radius 3 is 1.50 bits per heavy atom. The second-order valence-electron chi connectivity index (χ2n) is 5.27. The molecule has 0 aliphatic heterocycles. The fourth-order valence-electron chi connectivity index (χ4n) is 2.19. The van der Waals surface area contributed by atoms with E-state index >= 15 is 0 Å². The van der Waals surface area contributed by atoms with Crippen molar-refractivity contribution in [2.75, 3.05) is 10.5 Å². The Kier molecular flexibility index (Phi) is 6.07. The number of hydrogen-bond donors (Lipinski definition) is 4. The quantitative estimate of drug-likeness (QED) is 0.293. The second-order valence-corrected chi connectivity index (χ2v) is 8.05. The summed E-state index contributed by atoms with van der Waals surface area (Å²) in [6.45, 7) is 0. The summed E-state index contributed by atoms with van der Waals surface area (Å²) in [5.41, 5.74) is -1.37. The van der Waals surface area contributed by atoms with E-state index in [2.05, 4.69) is 0 Å². The molecule has 0 amide bonds. The molecule has 152 valence electrons. The van der Waals surface area contributed by atoms with Crippen LogP contribution < -0.4 is 10.5 Å². The fraction of sp³-hybridized carbons (Fsp3) is 0. The highest BCUT2D eigenvalue weighted by atomic mass is 32.2. The van der Waals surface area contributed by atoms with Gasteiger partial charge < -0.3 is 15.6 Å². The lowest BCUT2D eigenvalue weighted by Gasteiger charge is -2.37. The maximum Gasteiger partial charge on any atom is 0.295 e. The SMILES string of the molecule is O=S(=O)(O)c1cc(N([O-])[O-])ccc1C=Cc1ccc(N(O)O)cc1S(=O)(=O)O. The molecule has 0 bridgehead atoms. The Balaban J connectivity index is 2.61. The van der Waals surface area contributed by atoms with Crippen molar-refractivity contribution in [1.82, 2.24) is 0 Å². The van der Waals surface area contributed by atoms with E-state index in [1.54, 1.807) is 0 Å². The van der Waals surface area contributed by atoms with Crippen molar-refractivity contribution in [3.63, 3.8) is 0 Å². The van der Waals surface area contributed by atoms with Gasteiger partial charge in [-0.15, -0.1) is 5.23 Å². The van der Waals surface area contributed by atoms with Gasteiger partial charge in [0.1, 0.15) is 9.79 Å². The third-order valence-corrected chi connectivity index (χ3v) is 5.25. The maximum atomic E-state index is 11.5. The summed E-state index contributed by atoms with van der Waals surface area (Å²) in [5, 5.41) is 38.2. The second kappa shape index (κ2) is 7.82. The van der Waals surface area contributed by atoms with Gasteiger partial charge in [-0.3, -0.25) is 19.5 Å². The van der Waals surface area contributed by atoms with E-state index in [1.165, 1.54) is 0 Å². The normalized spacial score (nSPS) is 12.4. The van der Waals surface area contributed by atoms with Crippen LogP contribution in [0.15, 0.2) is 46.2 Å². The summed E-state index contributed by atoms with van der Waals surface area (Å²) >= 11 is 0. The summed E-state index contributed by atoms with van der Waals surface area (Å²) in [4.78, 5) is -1.52. The zero-order chi connectivity index (χ0) is 21.3. The van der Waals surface area contributed by atoms with Gasteiger partial charge in [0.05, 0.1) is 5.69 Å². The smallest absolute Gasteiger partial charge is 0.295 e. The van der Waals surface area contributed by atoms with Crippen LogP contribution in [0.1, 0.15) is 11.1 Å². The molecule has 0 atom stereocenters. The lowest BCUT2D eigenvalue weighted by atomic mass is 10.1. The van der Waals surface area contributed by atoms with Crippen molar-refractivity contribution >= 4 is 43.8 Å². The molecule has 0 saturated heterocycles. The monoisotopic (exact) mass is 432 g/mol. The minimum atomic E-state index is -4.85. The van der Waals surface area contributed by atoms with Gasteiger partial charge in [-0.05, 0) is 35.4 Å². The van der Waals surface area contributed by atoms with Gasteiger partial charge in [-0.25, -0.2) is 0 Å². The molecular weight excluding hydrogens is 420 g/mol. The van der Waals surface area contributed by atoms with Crippen molar-refractivity contribution in [3.8, 4) is 0 Å². The molecular formula is C14H12N2O10S2-2. The predicted molar refractivity (Wildman–Crippen MR) is 96.7 cm³/mol. The molecule has 0 aliphatic carbocycles. The topological polar surface area (TPSA) is 202 Å². The van der Waals surface area contributed by atoms with Gasteiger partial charge in [0.2, 0.25) is 0 Å². The zero-order valence-corrected chi connectivity index (χ0v) is 15.2. The Morgan fingerprint density at radius 1 is 0.750 bits per heavy atom. The van der Waals surface area contributed by atoms with Gasteiger partial charge in [0, 0.05) is 5.69 Å². The summed E-state index contributed by atoms with van der Waals surface area (Å²) in [6.07, 6.45) is 2.08. The first-order chi connectivity index (χ1) is 12.8. The summed E-state index contributed by atoms with van der Waals surface area (Å²) < 4.78 is 64.6. The van der Waals surface area contributed by atoms with Crippen LogP contribution in [0.3, 0.4) is 0 Å². The molecule has 0 aromatic heterocycles. The molecule has 0 heterocycles. The number of hydrogen-bond acceptors (Lipinski definition) is 10. The first-order valence-corrected chi connectivity index (χ1v) is 9.92. The molecule has 14 heteroatoms. The van der Waals surface area contributed by atoms with Crippen molar-refractivity contribution in [1.29, 1.82) is 0 Å². The zero-order valence-electron chi connectivity index (χ0n) is 13.6. The third kappa shape index (κ3) is 5.03. The number of rotatable bonds is 6. The predicted octanol–water partition coefficient (Wildman–Crippen LogP) is 1.74. The summed E-state index contributed by atoms with van der Waals surface area (Å²) in [6, 6.07) is 5.49. The van der Waals surface area contributed by atoms with Crippen LogP contribution in [0.2, 0.25) is 0 Å². The number of anilines is 2. The molecule has 2 rings (SSSR count). The van der Waals surface area contributed by atoms with Gasteiger partial charge in [0.15, 0.2) is 0 Å². The average molecular weight is 432 g/mol. The number of benzene rings is 2. The van der Waals surface area contributed by atoms with Crippen LogP contribution in [0.25, 0.3) is 12.2 Å². The van der Waals surface area contributed by atoms with Crippen molar-refractivity contribution in [2.24, 2.45) is 0 Å². The van der Waals surface area contributed by atoms with Gasteiger partial charge in [-0.2, -0.15) is 16.8 Å². The van der Waals surface area contributed by atoms with Crippen LogP contribution in [0.5, 0.6) is 0 Å². The highest BCUT2D eigenvalue weighted by Crippen LogP contribution is 2.27. The molecule has 12 nitrogen and oxygen atoms in total. The van der Waals surface area contributed by atoms with Crippen LogP contribution in [-0.4, -0.2) is 36.4 Å². The Labute approximate surface area is 158 Å². The van der Waals surface area contributed by atoms with Crippen LogP contribution in [-0.2, 0) is 20.2 Å². The van der Waals surface area contributed by atoms with Gasteiger partial charge >= 0.3 is 0 Å². The molecule has 2 aromatic rings. The molecule has 28 heavy (non-hydrogen) atoms. The van der Waals surface area contributed by atoms with Crippen molar-refractivity contribution < 1.29 is 36.4 Å². The molecule has 0 saturated carbocycles. The largest absolute Gasteiger partial charge is 0.769 e.